The first-order chi connectivity index (χ1) is 13.2. The zero-order valence-corrected chi connectivity index (χ0v) is 16.6. The van der Waals surface area contributed by atoms with E-state index in [4.69, 9.17) is 0 Å². The zero-order valence-electron chi connectivity index (χ0n) is 16.6. The molecule has 0 aliphatic carbocycles. The average molecular weight is 398 g/mol. The number of nitrogens with zero attached hydrogens (tertiary/aromatic N) is 4. The predicted molar refractivity (Wildman–Crippen MR) is 102 cm³/mol. The van der Waals surface area contributed by atoms with Crippen LogP contribution < -0.4 is 4.90 Å². The van der Waals surface area contributed by atoms with Crippen molar-refractivity contribution in [1.29, 1.82) is 0 Å². The van der Waals surface area contributed by atoms with E-state index >= 15 is 0 Å². The number of likely N-dealkylation sites (tertiary alicyclic amines) is 1. The summed E-state index contributed by atoms with van der Waals surface area (Å²) in [5.41, 5.74) is -0.737. The lowest BCUT2D eigenvalue weighted by Gasteiger charge is -2.38. The zero-order chi connectivity index (χ0) is 20.3. The van der Waals surface area contributed by atoms with Crippen molar-refractivity contribution in [2.75, 3.05) is 51.7 Å². The molecule has 0 radical (unpaired) electrons. The Hall–Kier alpha value is -1.83. The van der Waals surface area contributed by atoms with Crippen LogP contribution in [0.3, 0.4) is 0 Å². The fraction of sp³-hybridized carbons (Fsp3) is 0.700. The normalized spacial score (nSPS) is 22.0. The smallest absolute Gasteiger partial charge is 0.357 e. The number of carbonyl (C=O) groups excluding carboxylic acids is 1. The van der Waals surface area contributed by atoms with E-state index in [2.05, 4.69) is 24.0 Å². The minimum atomic E-state index is -4.37. The molecular formula is C20H29F3N4O. The van der Waals surface area contributed by atoms with Gasteiger partial charge in [-0.05, 0) is 57.8 Å². The highest BCUT2D eigenvalue weighted by molar-refractivity contribution is 5.79. The Morgan fingerprint density at radius 2 is 1.89 bits per heavy atom. The third kappa shape index (κ3) is 5.16. The minimum absolute atomic E-state index is 0.00352. The Morgan fingerprint density at radius 3 is 2.46 bits per heavy atom. The highest BCUT2D eigenvalue weighted by Crippen LogP contribution is 2.30. The van der Waals surface area contributed by atoms with Gasteiger partial charge in [0.05, 0.1) is 5.56 Å². The number of anilines is 1. The molecule has 0 spiro atoms. The van der Waals surface area contributed by atoms with Gasteiger partial charge in [-0.1, -0.05) is 0 Å². The molecule has 5 nitrogen and oxygen atoms in total. The predicted octanol–water partition coefficient (Wildman–Crippen LogP) is 3.12. The Morgan fingerprint density at radius 1 is 1.18 bits per heavy atom. The molecule has 1 aromatic heterocycles. The van der Waals surface area contributed by atoms with E-state index < -0.39 is 11.7 Å². The van der Waals surface area contributed by atoms with Crippen LogP contribution in [0.4, 0.5) is 19.0 Å². The third-order valence-corrected chi connectivity index (χ3v) is 5.70. The van der Waals surface area contributed by atoms with Crippen molar-refractivity contribution >= 4 is 11.7 Å². The molecule has 2 saturated heterocycles. The Balaban J connectivity index is 1.52. The van der Waals surface area contributed by atoms with Crippen LogP contribution in [-0.4, -0.2) is 67.5 Å². The monoisotopic (exact) mass is 398 g/mol. The van der Waals surface area contributed by atoms with E-state index in [1.165, 1.54) is 12.5 Å². The topological polar surface area (TPSA) is 39.7 Å². The van der Waals surface area contributed by atoms with Crippen molar-refractivity contribution in [3.63, 3.8) is 0 Å². The van der Waals surface area contributed by atoms with Gasteiger partial charge in [-0.2, -0.15) is 13.2 Å². The number of piperidine rings is 2. The molecule has 2 aliphatic heterocycles. The van der Waals surface area contributed by atoms with E-state index in [0.29, 0.717) is 24.8 Å². The van der Waals surface area contributed by atoms with Crippen molar-refractivity contribution < 1.29 is 18.0 Å². The molecule has 28 heavy (non-hydrogen) atoms. The molecule has 3 rings (SSSR count). The van der Waals surface area contributed by atoms with Crippen LogP contribution in [0, 0.1) is 11.8 Å². The summed E-state index contributed by atoms with van der Waals surface area (Å²) in [4.78, 5) is 23.1. The third-order valence-electron chi connectivity index (χ3n) is 5.70. The maximum absolute atomic E-state index is 12.9. The number of pyridine rings is 1. The second-order valence-electron chi connectivity index (χ2n) is 8.22. The lowest BCUT2D eigenvalue weighted by atomic mass is 9.92. The number of aromatic nitrogens is 1. The molecule has 2 fully saturated rings. The molecule has 1 atom stereocenters. The molecule has 156 valence electrons. The number of carbonyl (C=O) groups is 1. The summed E-state index contributed by atoms with van der Waals surface area (Å²) >= 11 is 0. The molecule has 0 aromatic carbocycles. The van der Waals surface area contributed by atoms with Gasteiger partial charge < -0.3 is 14.7 Å². The molecule has 1 amide bonds. The fourth-order valence-corrected chi connectivity index (χ4v) is 4.29. The van der Waals surface area contributed by atoms with Crippen molar-refractivity contribution in [2.45, 2.75) is 31.9 Å². The lowest BCUT2D eigenvalue weighted by molar-refractivity contribution is -0.138. The highest BCUT2D eigenvalue weighted by atomic mass is 19.4. The number of hydrogen-bond acceptors (Lipinski definition) is 4. The van der Waals surface area contributed by atoms with E-state index in [-0.39, 0.29) is 11.8 Å². The van der Waals surface area contributed by atoms with Gasteiger partial charge in [0.15, 0.2) is 0 Å². The van der Waals surface area contributed by atoms with Gasteiger partial charge in [0.25, 0.3) is 0 Å². The molecule has 2 aliphatic rings. The van der Waals surface area contributed by atoms with Crippen molar-refractivity contribution in [1.82, 2.24) is 14.8 Å². The first kappa shape index (κ1) is 20.9. The van der Waals surface area contributed by atoms with Crippen LogP contribution in [0.2, 0.25) is 0 Å². The summed E-state index contributed by atoms with van der Waals surface area (Å²) in [6.07, 6.45) is 0.167. The number of amides is 1. The standard InChI is InChI=1S/C20H29F3N4O/c1-25(2)13-15-4-3-9-27(14-15)19(28)16-7-10-26(11-8-16)18-6-5-17(12-24-18)20(21,22)23/h5-6,12,15-16H,3-4,7-11,13-14H2,1-2H3. The van der Waals surface area contributed by atoms with Crippen LogP contribution in [0.5, 0.6) is 0 Å². The summed E-state index contributed by atoms with van der Waals surface area (Å²) in [6, 6.07) is 2.49. The summed E-state index contributed by atoms with van der Waals surface area (Å²) in [6.45, 7) is 3.95. The SMILES string of the molecule is CN(C)CC1CCCN(C(=O)C2CCN(c3ccc(C(F)(F)F)cn3)CC2)C1. The first-order valence-electron chi connectivity index (χ1n) is 9.95. The van der Waals surface area contributed by atoms with Crippen LogP contribution in [0.25, 0.3) is 0 Å². The molecular weight excluding hydrogens is 369 g/mol. The molecule has 0 bridgehead atoms. The molecule has 0 saturated carbocycles. The summed E-state index contributed by atoms with van der Waals surface area (Å²) < 4.78 is 38.0. The number of halogens is 3. The van der Waals surface area contributed by atoms with Crippen molar-refractivity contribution in [2.24, 2.45) is 11.8 Å². The van der Waals surface area contributed by atoms with Crippen LogP contribution >= 0.6 is 0 Å². The van der Waals surface area contributed by atoms with Gasteiger partial charge in [0, 0.05) is 44.8 Å². The van der Waals surface area contributed by atoms with Gasteiger partial charge >= 0.3 is 6.18 Å². The number of rotatable bonds is 4. The quantitative estimate of drug-likeness (QED) is 0.781. The van der Waals surface area contributed by atoms with Gasteiger partial charge in [-0.3, -0.25) is 4.79 Å². The second-order valence-corrected chi connectivity index (χ2v) is 8.22. The first-order valence-corrected chi connectivity index (χ1v) is 9.95. The Bertz CT molecular complexity index is 654. The Kier molecular flexibility index (Phi) is 6.47. The lowest BCUT2D eigenvalue weighted by Crippen LogP contribution is -2.47. The van der Waals surface area contributed by atoms with E-state index in [1.54, 1.807) is 0 Å². The van der Waals surface area contributed by atoms with Gasteiger partial charge in [0.1, 0.15) is 5.82 Å². The fourth-order valence-electron chi connectivity index (χ4n) is 4.29. The number of hydrogen-bond donors (Lipinski definition) is 0. The largest absolute Gasteiger partial charge is 0.417 e. The minimum Gasteiger partial charge on any atom is -0.357 e. The maximum atomic E-state index is 12.9. The van der Waals surface area contributed by atoms with Gasteiger partial charge in [-0.25, -0.2) is 4.98 Å². The number of alkyl halides is 3. The summed E-state index contributed by atoms with van der Waals surface area (Å²) in [5, 5.41) is 0. The Labute approximate surface area is 164 Å². The summed E-state index contributed by atoms with van der Waals surface area (Å²) in [5.74, 6) is 1.32. The maximum Gasteiger partial charge on any atom is 0.417 e. The molecule has 8 heteroatoms. The molecule has 1 aromatic rings. The molecule has 1 unspecified atom stereocenters. The molecule has 3 heterocycles. The van der Waals surface area contributed by atoms with E-state index in [0.717, 1.165) is 51.2 Å². The van der Waals surface area contributed by atoms with Gasteiger partial charge in [0.2, 0.25) is 5.91 Å². The van der Waals surface area contributed by atoms with Crippen molar-refractivity contribution in [3.05, 3.63) is 23.9 Å². The van der Waals surface area contributed by atoms with Crippen LogP contribution in [0.15, 0.2) is 18.3 Å². The van der Waals surface area contributed by atoms with Crippen LogP contribution in [-0.2, 0) is 11.0 Å². The highest BCUT2D eigenvalue weighted by Gasteiger charge is 2.33. The van der Waals surface area contributed by atoms with Crippen LogP contribution in [0.1, 0.15) is 31.2 Å². The van der Waals surface area contributed by atoms with Gasteiger partial charge in [-0.15, -0.1) is 0 Å². The summed E-state index contributed by atoms with van der Waals surface area (Å²) in [7, 11) is 4.12. The van der Waals surface area contributed by atoms with Crippen molar-refractivity contribution in [3.8, 4) is 0 Å². The molecule has 0 N–H and O–H groups in total. The second kappa shape index (κ2) is 8.68. The van der Waals surface area contributed by atoms with E-state index in [9.17, 15) is 18.0 Å². The van der Waals surface area contributed by atoms with E-state index in [1.807, 2.05) is 9.80 Å². The average Bonchev–Trinajstić information content (AvgIpc) is 2.67.